The summed E-state index contributed by atoms with van der Waals surface area (Å²) >= 11 is 0. The number of imidazole rings is 1. The summed E-state index contributed by atoms with van der Waals surface area (Å²) < 4.78 is 39.6. The van der Waals surface area contributed by atoms with Crippen molar-refractivity contribution in [3.05, 3.63) is 89.6 Å². The Labute approximate surface area is 179 Å². The molecule has 0 saturated heterocycles. The molecule has 0 atom stereocenters. The molecule has 0 spiro atoms. The Kier molecular flexibility index (Phi) is 5.35. The first kappa shape index (κ1) is 21.0. The maximum Gasteiger partial charge on any atom is 0.433 e. The molecule has 162 valence electrons. The molecule has 0 fully saturated rings. The van der Waals surface area contributed by atoms with E-state index in [4.69, 9.17) is 0 Å². The fourth-order valence-corrected chi connectivity index (χ4v) is 3.02. The molecule has 0 radical (unpaired) electrons. The van der Waals surface area contributed by atoms with E-state index in [2.05, 4.69) is 20.6 Å². The summed E-state index contributed by atoms with van der Waals surface area (Å²) in [4.78, 5) is 32.6. The number of alkyl halides is 3. The third-order valence-electron chi connectivity index (χ3n) is 4.71. The second-order valence-corrected chi connectivity index (χ2v) is 6.94. The van der Waals surface area contributed by atoms with E-state index in [0.29, 0.717) is 22.7 Å². The van der Waals surface area contributed by atoms with Crippen LogP contribution in [0.3, 0.4) is 0 Å². The number of nitrogens with zero attached hydrogens (tertiary/aromatic N) is 3. The lowest BCUT2D eigenvalue weighted by atomic mass is 10.1. The van der Waals surface area contributed by atoms with Crippen molar-refractivity contribution in [2.75, 3.05) is 10.6 Å². The van der Waals surface area contributed by atoms with Gasteiger partial charge in [-0.15, -0.1) is 0 Å². The predicted molar refractivity (Wildman–Crippen MR) is 112 cm³/mol. The van der Waals surface area contributed by atoms with Crippen LogP contribution in [-0.4, -0.2) is 26.2 Å². The number of aromatic nitrogens is 3. The Morgan fingerprint density at radius 3 is 2.47 bits per heavy atom. The number of rotatable bonds is 4. The number of hydrogen-bond acceptors (Lipinski definition) is 4. The molecule has 4 aromatic rings. The van der Waals surface area contributed by atoms with Crippen LogP contribution < -0.4 is 10.6 Å². The molecule has 10 heteroatoms. The van der Waals surface area contributed by atoms with Gasteiger partial charge in [-0.1, -0.05) is 12.1 Å². The first-order valence-corrected chi connectivity index (χ1v) is 9.41. The number of halogens is 3. The second kappa shape index (κ2) is 8.14. The normalized spacial score (nSPS) is 11.4. The van der Waals surface area contributed by atoms with Crippen LogP contribution in [0, 0.1) is 6.92 Å². The number of carbonyl (C=O) groups is 2. The van der Waals surface area contributed by atoms with Gasteiger partial charge in [-0.25, -0.2) is 4.98 Å². The number of nitrogens with one attached hydrogen (secondary N) is 2. The van der Waals surface area contributed by atoms with Gasteiger partial charge in [0.25, 0.3) is 11.8 Å². The van der Waals surface area contributed by atoms with Crippen molar-refractivity contribution < 1.29 is 22.8 Å². The number of pyridine rings is 2. The van der Waals surface area contributed by atoms with Crippen LogP contribution in [0.4, 0.5) is 24.5 Å². The SMILES string of the molecule is Cc1ccc(NC(=O)c2ccc(C(F)(F)F)nc2)cc1NC(=O)c1cnc2ccccn12. The van der Waals surface area contributed by atoms with Gasteiger partial charge < -0.3 is 10.6 Å². The molecule has 2 amide bonds. The molecule has 7 nitrogen and oxygen atoms in total. The van der Waals surface area contributed by atoms with Crippen molar-refractivity contribution >= 4 is 28.8 Å². The van der Waals surface area contributed by atoms with Crippen molar-refractivity contribution in [1.29, 1.82) is 0 Å². The topological polar surface area (TPSA) is 88.4 Å². The quantitative estimate of drug-likeness (QED) is 0.488. The van der Waals surface area contributed by atoms with E-state index in [1.54, 1.807) is 47.9 Å². The third kappa shape index (κ3) is 4.29. The second-order valence-electron chi connectivity index (χ2n) is 6.94. The molecule has 1 aromatic carbocycles. The van der Waals surface area contributed by atoms with Crippen molar-refractivity contribution in [3.8, 4) is 0 Å². The monoisotopic (exact) mass is 439 g/mol. The van der Waals surface area contributed by atoms with Crippen LogP contribution in [-0.2, 0) is 6.18 Å². The maximum atomic E-state index is 12.7. The highest BCUT2D eigenvalue weighted by atomic mass is 19.4. The lowest BCUT2D eigenvalue weighted by Gasteiger charge is -2.12. The summed E-state index contributed by atoms with van der Waals surface area (Å²) in [6, 6.07) is 12.0. The van der Waals surface area contributed by atoms with Crippen LogP contribution in [0.1, 0.15) is 32.1 Å². The third-order valence-corrected chi connectivity index (χ3v) is 4.71. The van der Waals surface area contributed by atoms with Crippen molar-refractivity contribution in [2.45, 2.75) is 13.1 Å². The molecule has 0 aliphatic carbocycles. The Balaban J connectivity index is 1.51. The van der Waals surface area contributed by atoms with Crippen LogP contribution in [0.2, 0.25) is 0 Å². The number of anilines is 2. The van der Waals surface area contributed by atoms with Gasteiger partial charge in [0, 0.05) is 23.8 Å². The predicted octanol–water partition coefficient (Wildman–Crippen LogP) is 4.56. The van der Waals surface area contributed by atoms with E-state index in [-0.39, 0.29) is 11.5 Å². The van der Waals surface area contributed by atoms with Gasteiger partial charge in [0.15, 0.2) is 0 Å². The fraction of sp³-hybridized carbons (Fsp3) is 0.0909. The lowest BCUT2D eigenvalue weighted by molar-refractivity contribution is -0.141. The smallest absolute Gasteiger partial charge is 0.322 e. The highest BCUT2D eigenvalue weighted by molar-refractivity contribution is 6.06. The Bertz CT molecular complexity index is 1310. The van der Waals surface area contributed by atoms with Crippen LogP contribution in [0.15, 0.2) is 67.1 Å². The Morgan fingerprint density at radius 2 is 1.75 bits per heavy atom. The number of benzene rings is 1. The molecule has 0 saturated carbocycles. The van der Waals surface area contributed by atoms with Crippen molar-refractivity contribution in [3.63, 3.8) is 0 Å². The lowest BCUT2D eigenvalue weighted by Crippen LogP contribution is -2.16. The van der Waals surface area contributed by atoms with Gasteiger partial charge in [-0.3, -0.25) is 19.0 Å². The molecule has 0 bridgehead atoms. The molecule has 0 aliphatic rings. The highest BCUT2D eigenvalue weighted by Crippen LogP contribution is 2.27. The van der Waals surface area contributed by atoms with E-state index in [0.717, 1.165) is 23.9 Å². The summed E-state index contributed by atoms with van der Waals surface area (Å²) in [5.74, 6) is -1.02. The number of fused-ring (bicyclic) bond motifs is 1. The average molecular weight is 439 g/mol. The van der Waals surface area contributed by atoms with Gasteiger partial charge in [-0.2, -0.15) is 13.2 Å². The first-order valence-electron chi connectivity index (χ1n) is 9.41. The molecular formula is C22H16F3N5O2. The number of amides is 2. The van der Waals surface area contributed by atoms with Crippen LogP contribution in [0.25, 0.3) is 5.65 Å². The fourth-order valence-electron chi connectivity index (χ4n) is 3.02. The zero-order valence-electron chi connectivity index (χ0n) is 16.6. The minimum atomic E-state index is -4.58. The number of hydrogen-bond donors (Lipinski definition) is 2. The Hall–Kier alpha value is -4.21. The number of aryl methyl sites for hydroxylation is 1. The summed E-state index contributed by atoms with van der Waals surface area (Å²) in [6.07, 6.45) is -0.540. The van der Waals surface area contributed by atoms with Crippen LogP contribution in [0.5, 0.6) is 0 Å². The van der Waals surface area contributed by atoms with E-state index in [1.165, 1.54) is 6.20 Å². The van der Waals surface area contributed by atoms with Crippen molar-refractivity contribution in [2.24, 2.45) is 0 Å². The van der Waals surface area contributed by atoms with E-state index in [9.17, 15) is 22.8 Å². The minimum absolute atomic E-state index is 0.0325. The standard InChI is InChI=1S/C22H16F3N5O2/c1-13-5-7-15(28-20(31)14-6-8-18(26-11-14)22(23,24)25)10-16(13)29-21(32)17-12-27-19-4-2-3-9-30(17)19/h2-12H,1H3,(H,28,31)(H,29,32). The molecule has 4 rings (SSSR count). The summed E-state index contributed by atoms with van der Waals surface area (Å²) in [7, 11) is 0. The zero-order chi connectivity index (χ0) is 22.9. The first-order chi connectivity index (χ1) is 15.2. The van der Waals surface area contributed by atoms with Gasteiger partial charge in [0.2, 0.25) is 0 Å². The summed E-state index contributed by atoms with van der Waals surface area (Å²) in [5.41, 5.74) is 1.42. The maximum absolute atomic E-state index is 12.7. The van der Waals surface area contributed by atoms with Gasteiger partial charge in [0.05, 0.1) is 11.8 Å². The molecule has 3 aromatic heterocycles. The minimum Gasteiger partial charge on any atom is -0.322 e. The molecule has 3 heterocycles. The van der Waals surface area contributed by atoms with Gasteiger partial charge >= 0.3 is 6.18 Å². The van der Waals surface area contributed by atoms with Crippen LogP contribution >= 0.6 is 0 Å². The largest absolute Gasteiger partial charge is 0.433 e. The molecule has 0 aliphatic heterocycles. The summed E-state index contributed by atoms with van der Waals surface area (Å²) in [5, 5.41) is 5.39. The number of carbonyl (C=O) groups excluding carboxylic acids is 2. The van der Waals surface area contributed by atoms with Crippen molar-refractivity contribution in [1.82, 2.24) is 14.4 Å². The zero-order valence-corrected chi connectivity index (χ0v) is 16.6. The Morgan fingerprint density at radius 1 is 0.938 bits per heavy atom. The average Bonchev–Trinajstić information content (AvgIpc) is 3.20. The van der Waals surface area contributed by atoms with E-state index < -0.39 is 17.8 Å². The summed E-state index contributed by atoms with van der Waals surface area (Å²) in [6.45, 7) is 1.79. The van der Waals surface area contributed by atoms with Gasteiger partial charge in [-0.05, 0) is 48.9 Å². The molecular weight excluding hydrogens is 423 g/mol. The van der Waals surface area contributed by atoms with E-state index in [1.807, 2.05) is 6.07 Å². The molecule has 0 unspecified atom stereocenters. The molecule has 2 N–H and O–H groups in total. The van der Waals surface area contributed by atoms with Gasteiger partial charge in [0.1, 0.15) is 17.0 Å². The van der Waals surface area contributed by atoms with E-state index >= 15 is 0 Å². The highest BCUT2D eigenvalue weighted by Gasteiger charge is 2.32. The molecule has 32 heavy (non-hydrogen) atoms.